The first-order chi connectivity index (χ1) is 8.72. The largest absolute Gasteiger partial charge is 0.759 e. The molecule has 2 aromatic rings. The van der Waals surface area contributed by atoms with Gasteiger partial charge in [0.25, 0.3) is 0 Å². The molecule has 0 aliphatic rings. The van der Waals surface area contributed by atoms with E-state index in [-0.39, 0.29) is 5.97 Å². The maximum atomic E-state index is 11.2. The number of hydrogen-bond donors (Lipinski definition) is 0. The molecule has 19 heavy (non-hydrogen) atoms. The summed E-state index contributed by atoms with van der Waals surface area (Å²) in [6, 6.07) is 5.31. The standard InChI is InChI=1S/C10H10N2O2.H2O4S/c1-12-6-11-8-5-7(10(13)14-2)3-4-9(8)12;1-5(2,3)4/h3-6H,1-2H3;(H2,1,2,3,4)/p-2. The molecule has 0 saturated carbocycles. The third-order valence-electron chi connectivity index (χ3n) is 2.15. The number of hydrogen-bond acceptors (Lipinski definition) is 7. The van der Waals surface area contributed by atoms with E-state index in [2.05, 4.69) is 9.72 Å². The van der Waals surface area contributed by atoms with Crippen LogP contribution in [0.15, 0.2) is 24.5 Å². The number of imidazole rings is 1. The highest BCUT2D eigenvalue weighted by Gasteiger charge is 2.07. The molecule has 0 spiro atoms. The number of aryl methyl sites for hydroxylation is 1. The van der Waals surface area contributed by atoms with Crippen LogP contribution in [-0.4, -0.2) is 40.2 Å². The van der Waals surface area contributed by atoms with Gasteiger partial charge in [0.1, 0.15) is 0 Å². The van der Waals surface area contributed by atoms with Crippen LogP contribution in [0.3, 0.4) is 0 Å². The number of aromatic nitrogens is 2. The first-order valence-electron chi connectivity index (χ1n) is 4.88. The van der Waals surface area contributed by atoms with E-state index in [1.807, 2.05) is 17.7 Å². The minimum atomic E-state index is -5.17. The molecule has 0 fully saturated rings. The summed E-state index contributed by atoms with van der Waals surface area (Å²) in [6.07, 6.45) is 1.71. The summed E-state index contributed by atoms with van der Waals surface area (Å²) in [5.74, 6) is -0.336. The van der Waals surface area contributed by atoms with Gasteiger partial charge in [-0.1, -0.05) is 0 Å². The summed E-state index contributed by atoms with van der Waals surface area (Å²) >= 11 is 0. The average molecular weight is 286 g/mol. The Labute approximate surface area is 109 Å². The van der Waals surface area contributed by atoms with Crippen molar-refractivity contribution in [1.29, 1.82) is 0 Å². The number of fused-ring (bicyclic) bond motifs is 1. The maximum Gasteiger partial charge on any atom is 0.337 e. The molecule has 1 heterocycles. The number of carbonyl (C=O) groups excluding carboxylic acids is 1. The van der Waals surface area contributed by atoms with Gasteiger partial charge in [-0.25, -0.2) is 9.78 Å². The Morgan fingerprint density at radius 3 is 2.47 bits per heavy atom. The number of ether oxygens (including phenoxy) is 1. The van der Waals surface area contributed by atoms with Crippen molar-refractivity contribution in [2.24, 2.45) is 7.05 Å². The van der Waals surface area contributed by atoms with Crippen LogP contribution in [0, 0.1) is 0 Å². The van der Waals surface area contributed by atoms with Crippen LogP contribution in [0.4, 0.5) is 0 Å². The van der Waals surface area contributed by atoms with Crippen LogP contribution in [0.25, 0.3) is 11.0 Å². The summed E-state index contributed by atoms with van der Waals surface area (Å²) in [5.41, 5.74) is 2.33. The lowest BCUT2D eigenvalue weighted by molar-refractivity contribution is 0.0601. The van der Waals surface area contributed by atoms with E-state index in [1.165, 1.54) is 7.11 Å². The van der Waals surface area contributed by atoms with Gasteiger partial charge in [0.15, 0.2) is 0 Å². The molecule has 0 unspecified atom stereocenters. The first kappa shape index (κ1) is 15.1. The molecule has 8 nitrogen and oxygen atoms in total. The molecule has 1 aromatic heterocycles. The van der Waals surface area contributed by atoms with E-state index in [0.29, 0.717) is 5.56 Å². The Hall–Kier alpha value is -1.97. The van der Waals surface area contributed by atoms with Gasteiger partial charge >= 0.3 is 5.97 Å². The Morgan fingerprint density at radius 2 is 1.95 bits per heavy atom. The van der Waals surface area contributed by atoms with Crippen LogP contribution in [-0.2, 0) is 22.2 Å². The zero-order valence-electron chi connectivity index (χ0n) is 10.1. The van der Waals surface area contributed by atoms with Crippen molar-refractivity contribution in [2.75, 3.05) is 7.11 Å². The Morgan fingerprint density at radius 1 is 1.37 bits per heavy atom. The van der Waals surface area contributed by atoms with Gasteiger partial charge in [-0.15, -0.1) is 0 Å². The molecule has 2 rings (SSSR count). The third-order valence-corrected chi connectivity index (χ3v) is 2.15. The molecule has 0 radical (unpaired) electrons. The predicted molar refractivity (Wildman–Crippen MR) is 62.5 cm³/mol. The summed E-state index contributed by atoms with van der Waals surface area (Å²) < 4.78 is 40.6. The summed E-state index contributed by atoms with van der Waals surface area (Å²) in [7, 11) is -1.89. The molecule has 0 atom stereocenters. The van der Waals surface area contributed by atoms with Gasteiger partial charge in [0.05, 0.1) is 30.0 Å². The normalized spacial score (nSPS) is 10.7. The van der Waals surface area contributed by atoms with Crippen LogP contribution in [0.1, 0.15) is 10.4 Å². The average Bonchev–Trinajstić information content (AvgIpc) is 2.67. The minimum absolute atomic E-state index is 0.336. The number of rotatable bonds is 1. The second-order valence-electron chi connectivity index (χ2n) is 3.46. The second kappa shape index (κ2) is 5.78. The maximum absolute atomic E-state index is 11.2. The highest BCUT2D eigenvalue weighted by Crippen LogP contribution is 2.14. The van der Waals surface area contributed by atoms with Gasteiger partial charge < -0.3 is 18.4 Å². The van der Waals surface area contributed by atoms with Gasteiger partial charge in [-0.05, 0) is 18.2 Å². The van der Waals surface area contributed by atoms with Crippen molar-refractivity contribution in [3.05, 3.63) is 30.1 Å². The third kappa shape index (κ3) is 4.66. The molecule has 1 aromatic carbocycles. The number of benzene rings is 1. The van der Waals surface area contributed by atoms with E-state index in [4.69, 9.17) is 17.5 Å². The zero-order chi connectivity index (χ0) is 14.6. The van der Waals surface area contributed by atoms with Gasteiger partial charge in [-0.2, -0.15) is 0 Å². The minimum Gasteiger partial charge on any atom is -0.759 e. The molecular formula is C10H10N2O6S-2. The predicted octanol–water partition coefficient (Wildman–Crippen LogP) is 0.0219. The van der Waals surface area contributed by atoms with E-state index in [9.17, 15) is 4.79 Å². The molecular weight excluding hydrogens is 276 g/mol. The number of methoxy groups -OCH3 is 1. The lowest BCUT2D eigenvalue weighted by Gasteiger charge is -2.06. The SMILES string of the molecule is COC(=O)c1ccc2c(c1)ncn2C.O=S(=O)([O-])[O-]. The number of esters is 1. The number of carbonyl (C=O) groups is 1. The van der Waals surface area contributed by atoms with E-state index < -0.39 is 10.4 Å². The Kier molecular flexibility index (Phi) is 4.59. The molecule has 104 valence electrons. The van der Waals surface area contributed by atoms with Crippen molar-refractivity contribution >= 4 is 27.4 Å². The summed E-state index contributed by atoms with van der Waals surface area (Å²) in [5, 5.41) is 0. The fourth-order valence-electron chi connectivity index (χ4n) is 1.38. The molecule has 0 amide bonds. The van der Waals surface area contributed by atoms with E-state index in [0.717, 1.165) is 11.0 Å². The first-order valence-corrected chi connectivity index (χ1v) is 6.22. The zero-order valence-corrected chi connectivity index (χ0v) is 10.9. The fraction of sp³-hybridized carbons (Fsp3) is 0.200. The Bertz CT molecular complexity index is 683. The van der Waals surface area contributed by atoms with Crippen molar-refractivity contribution in [3.63, 3.8) is 0 Å². The van der Waals surface area contributed by atoms with Crippen LogP contribution >= 0.6 is 0 Å². The fourth-order valence-corrected chi connectivity index (χ4v) is 1.38. The lowest BCUT2D eigenvalue weighted by atomic mass is 10.2. The van der Waals surface area contributed by atoms with Gasteiger partial charge in [0, 0.05) is 17.4 Å². The van der Waals surface area contributed by atoms with Crippen molar-refractivity contribution in [1.82, 2.24) is 9.55 Å². The molecule has 0 N–H and O–H groups in total. The van der Waals surface area contributed by atoms with Crippen molar-refractivity contribution in [2.45, 2.75) is 0 Å². The molecule has 0 saturated heterocycles. The van der Waals surface area contributed by atoms with E-state index >= 15 is 0 Å². The van der Waals surface area contributed by atoms with Crippen molar-refractivity contribution in [3.8, 4) is 0 Å². The monoisotopic (exact) mass is 286 g/mol. The molecule has 0 aliphatic carbocycles. The highest BCUT2D eigenvalue weighted by molar-refractivity contribution is 7.79. The van der Waals surface area contributed by atoms with Crippen LogP contribution in [0.5, 0.6) is 0 Å². The topological polar surface area (TPSA) is 124 Å². The summed E-state index contributed by atoms with van der Waals surface area (Å²) in [4.78, 5) is 15.4. The van der Waals surface area contributed by atoms with Crippen LogP contribution < -0.4 is 0 Å². The Balaban J connectivity index is 0.000000312. The smallest absolute Gasteiger partial charge is 0.337 e. The van der Waals surface area contributed by atoms with Crippen molar-refractivity contribution < 1.29 is 27.1 Å². The number of nitrogens with zero attached hydrogens (tertiary/aromatic N) is 2. The van der Waals surface area contributed by atoms with Gasteiger partial charge in [0.2, 0.25) is 0 Å². The highest BCUT2D eigenvalue weighted by atomic mass is 32.3. The summed E-state index contributed by atoms with van der Waals surface area (Å²) in [6.45, 7) is 0. The molecule has 0 bridgehead atoms. The van der Waals surface area contributed by atoms with Crippen LogP contribution in [0.2, 0.25) is 0 Å². The second-order valence-corrected chi connectivity index (χ2v) is 4.28. The molecule has 0 aliphatic heterocycles. The molecule has 9 heteroatoms. The lowest BCUT2D eigenvalue weighted by Crippen LogP contribution is -2.00. The van der Waals surface area contributed by atoms with E-state index in [1.54, 1.807) is 18.5 Å². The quantitative estimate of drug-likeness (QED) is 0.411. The van der Waals surface area contributed by atoms with Gasteiger partial charge in [-0.3, -0.25) is 8.42 Å².